The van der Waals surface area contributed by atoms with E-state index in [1.165, 1.54) is 12.1 Å². The molecule has 2 N–H and O–H groups in total. The van der Waals surface area contributed by atoms with Crippen molar-refractivity contribution in [3.8, 4) is 0 Å². The fraction of sp³-hybridized carbons (Fsp3) is 0.462. The first-order valence-corrected chi connectivity index (χ1v) is 6.18. The van der Waals surface area contributed by atoms with Crippen LogP contribution >= 0.6 is 0 Å². The predicted molar refractivity (Wildman–Crippen MR) is 67.8 cm³/mol. The molecule has 5 heteroatoms. The molecular formula is C13H18FN3O. The van der Waals surface area contributed by atoms with Crippen molar-refractivity contribution >= 4 is 6.03 Å². The van der Waals surface area contributed by atoms with Crippen LogP contribution in [0.4, 0.5) is 9.18 Å². The summed E-state index contributed by atoms with van der Waals surface area (Å²) >= 11 is 0. The van der Waals surface area contributed by atoms with Crippen molar-refractivity contribution in [1.82, 2.24) is 15.5 Å². The molecule has 4 nitrogen and oxygen atoms in total. The number of rotatable bonds is 5. The molecule has 1 fully saturated rings. The molecule has 2 rings (SSSR count). The summed E-state index contributed by atoms with van der Waals surface area (Å²) in [6, 6.07) is 6.62. The van der Waals surface area contributed by atoms with E-state index < -0.39 is 0 Å². The third kappa shape index (κ3) is 3.20. The van der Waals surface area contributed by atoms with Crippen molar-refractivity contribution in [2.45, 2.75) is 13.0 Å². The van der Waals surface area contributed by atoms with E-state index in [0.717, 1.165) is 25.2 Å². The SMILES string of the molecule is CC(NCCN1CCNC1=O)c1ccc(F)cc1. The average molecular weight is 251 g/mol. The Bertz CT molecular complexity index is 407. The summed E-state index contributed by atoms with van der Waals surface area (Å²) in [7, 11) is 0. The van der Waals surface area contributed by atoms with Gasteiger partial charge in [0.1, 0.15) is 5.82 Å². The van der Waals surface area contributed by atoms with Gasteiger partial charge in [0.25, 0.3) is 0 Å². The van der Waals surface area contributed by atoms with Crippen molar-refractivity contribution < 1.29 is 9.18 Å². The molecule has 1 aliphatic rings. The summed E-state index contributed by atoms with van der Waals surface area (Å²) in [6.07, 6.45) is 0. The van der Waals surface area contributed by atoms with Crippen LogP contribution < -0.4 is 10.6 Å². The van der Waals surface area contributed by atoms with E-state index >= 15 is 0 Å². The molecule has 0 spiro atoms. The smallest absolute Gasteiger partial charge is 0.317 e. The first-order valence-electron chi connectivity index (χ1n) is 6.18. The lowest BCUT2D eigenvalue weighted by atomic mass is 10.1. The zero-order valence-corrected chi connectivity index (χ0v) is 10.4. The van der Waals surface area contributed by atoms with Gasteiger partial charge in [-0.05, 0) is 24.6 Å². The van der Waals surface area contributed by atoms with Crippen LogP contribution in [0.1, 0.15) is 18.5 Å². The second-order valence-corrected chi connectivity index (χ2v) is 4.45. The van der Waals surface area contributed by atoms with Crippen molar-refractivity contribution in [2.24, 2.45) is 0 Å². The average Bonchev–Trinajstić information content (AvgIpc) is 2.76. The van der Waals surface area contributed by atoms with Gasteiger partial charge in [-0.1, -0.05) is 12.1 Å². The summed E-state index contributed by atoms with van der Waals surface area (Å²) in [6.45, 7) is 4.94. The van der Waals surface area contributed by atoms with Crippen LogP contribution in [0.15, 0.2) is 24.3 Å². The Hall–Kier alpha value is -1.62. The van der Waals surface area contributed by atoms with E-state index in [9.17, 15) is 9.18 Å². The first kappa shape index (κ1) is 12.8. The molecule has 18 heavy (non-hydrogen) atoms. The van der Waals surface area contributed by atoms with Crippen molar-refractivity contribution in [1.29, 1.82) is 0 Å². The second-order valence-electron chi connectivity index (χ2n) is 4.45. The number of benzene rings is 1. The highest BCUT2D eigenvalue weighted by Gasteiger charge is 2.18. The van der Waals surface area contributed by atoms with Gasteiger partial charge in [-0.25, -0.2) is 9.18 Å². The van der Waals surface area contributed by atoms with E-state index in [1.807, 2.05) is 6.92 Å². The lowest BCUT2D eigenvalue weighted by Crippen LogP contribution is -2.35. The molecule has 1 aromatic carbocycles. The third-order valence-electron chi connectivity index (χ3n) is 3.15. The van der Waals surface area contributed by atoms with Crippen molar-refractivity contribution in [2.75, 3.05) is 26.2 Å². The zero-order valence-electron chi connectivity index (χ0n) is 10.4. The maximum absolute atomic E-state index is 12.8. The van der Waals surface area contributed by atoms with Crippen LogP contribution in [-0.4, -0.2) is 37.1 Å². The molecule has 0 aromatic heterocycles. The predicted octanol–water partition coefficient (Wildman–Crippen LogP) is 1.50. The Morgan fingerprint density at radius 3 is 2.78 bits per heavy atom. The number of carbonyl (C=O) groups excluding carboxylic acids is 1. The fourth-order valence-corrected chi connectivity index (χ4v) is 2.01. The van der Waals surface area contributed by atoms with E-state index in [4.69, 9.17) is 0 Å². The number of nitrogens with one attached hydrogen (secondary N) is 2. The van der Waals surface area contributed by atoms with Crippen LogP contribution in [-0.2, 0) is 0 Å². The highest BCUT2D eigenvalue weighted by molar-refractivity contribution is 5.76. The molecule has 1 atom stereocenters. The molecule has 1 aliphatic heterocycles. The van der Waals surface area contributed by atoms with Gasteiger partial charge in [0.2, 0.25) is 0 Å². The number of amides is 2. The summed E-state index contributed by atoms with van der Waals surface area (Å²) in [5, 5.41) is 6.08. The van der Waals surface area contributed by atoms with Gasteiger partial charge in [0.15, 0.2) is 0 Å². The van der Waals surface area contributed by atoms with Gasteiger partial charge in [0.05, 0.1) is 0 Å². The number of urea groups is 1. The fourth-order valence-electron chi connectivity index (χ4n) is 2.01. The summed E-state index contributed by atoms with van der Waals surface area (Å²) in [5.74, 6) is -0.223. The first-order chi connectivity index (χ1) is 8.66. The molecule has 0 aliphatic carbocycles. The zero-order chi connectivity index (χ0) is 13.0. The van der Waals surface area contributed by atoms with Crippen LogP contribution in [0.25, 0.3) is 0 Å². The minimum atomic E-state index is -0.223. The van der Waals surface area contributed by atoms with Gasteiger partial charge in [-0.3, -0.25) is 0 Å². The van der Waals surface area contributed by atoms with Gasteiger partial charge in [-0.2, -0.15) is 0 Å². The second kappa shape index (κ2) is 5.82. The van der Waals surface area contributed by atoms with Crippen molar-refractivity contribution in [3.05, 3.63) is 35.6 Å². The van der Waals surface area contributed by atoms with Gasteiger partial charge >= 0.3 is 6.03 Å². The molecule has 1 unspecified atom stereocenters. The molecule has 2 amide bonds. The summed E-state index contributed by atoms with van der Waals surface area (Å²) < 4.78 is 12.8. The molecule has 1 saturated heterocycles. The number of hydrogen-bond donors (Lipinski definition) is 2. The third-order valence-corrected chi connectivity index (χ3v) is 3.15. The molecule has 98 valence electrons. The molecule has 0 radical (unpaired) electrons. The van der Waals surface area contributed by atoms with Gasteiger partial charge in [-0.15, -0.1) is 0 Å². The van der Waals surface area contributed by atoms with E-state index in [0.29, 0.717) is 6.54 Å². The lowest BCUT2D eigenvalue weighted by molar-refractivity contribution is 0.217. The molecule has 1 aromatic rings. The van der Waals surface area contributed by atoms with Crippen LogP contribution in [0, 0.1) is 5.82 Å². The Labute approximate surface area is 106 Å². The molecular weight excluding hydrogens is 233 g/mol. The van der Waals surface area contributed by atoms with E-state index in [2.05, 4.69) is 10.6 Å². The normalized spacial score (nSPS) is 16.8. The van der Waals surface area contributed by atoms with E-state index in [1.54, 1.807) is 17.0 Å². The minimum Gasteiger partial charge on any atom is -0.336 e. The van der Waals surface area contributed by atoms with Crippen molar-refractivity contribution in [3.63, 3.8) is 0 Å². The van der Waals surface area contributed by atoms with Gasteiger partial charge < -0.3 is 15.5 Å². The number of carbonyl (C=O) groups is 1. The monoisotopic (exact) mass is 251 g/mol. The summed E-state index contributed by atoms with van der Waals surface area (Å²) in [5.41, 5.74) is 1.04. The highest BCUT2D eigenvalue weighted by Crippen LogP contribution is 2.12. The number of halogens is 1. The highest BCUT2D eigenvalue weighted by atomic mass is 19.1. The Balaban J connectivity index is 1.76. The lowest BCUT2D eigenvalue weighted by Gasteiger charge is -2.18. The van der Waals surface area contributed by atoms with Crippen LogP contribution in [0.5, 0.6) is 0 Å². The quantitative estimate of drug-likeness (QED) is 0.833. The maximum Gasteiger partial charge on any atom is 0.317 e. The van der Waals surface area contributed by atoms with Crippen LogP contribution in [0.2, 0.25) is 0 Å². The Kier molecular flexibility index (Phi) is 4.15. The number of hydrogen-bond acceptors (Lipinski definition) is 2. The Morgan fingerprint density at radius 1 is 1.44 bits per heavy atom. The van der Waals surface area contributed by atoms with E-state index in [-0.39, 0.29) is 17.9 Å². The van der Waals surface area contributed by atoms with Crippen LogP contribution in [0.3, 0.4) is 0 Å². The molecule has 0 bridgehead atoms. The molecule has 1 heterocycles. The number of nitrogens with zero attached hydrogens (tertiary/aromatic N) is 1. The van der Waals surface area contributed by atoms with Gasteiger partial charge in [0, 0.05) is 32.2 Å². The topological polar surface area (TPSA) is 44.4 Å². The maximum atomic E-state index is 12.8. The largest absolute Gasteiger partial charge is 0.336 e. The molecule has 0 saturated carbocycles. The minimum absolute atomic E-state index is 0.00577. The standard InChI is InChI=1S/C13H18FN3O/c1-10(11-2-4-12(14)5-3-11)15-6-8-17-9-7-16-13(17)18/h2-5,10,15H,6-9H2,1H3,(H,16,18). The summed E-state index contributed by atoms with van der Waals surface area (Å²) in [4.78, 5) is 13.1. The Morgan fingerprint density at radius 2 is 2.17 bits per heavy atom.